The van der Waals surface area contributed by atoms with Crippen molar-refractivity contribution in [1.29, 1.82) is 5.26 Å². The van der Waals surface area contributed by atoms with E-state index in [2.05, 4.69) is 18.1 Å². The quantitative estimate of drug-likeness (QED) is 0.844. The first-order chi connectivity index (χ1) is 9.11. The Morgan fingerprint density at radius 1 is 1.21 bits per heavy atom. The lowest BCUT2D eigenvalue weighted by atomic mass is 10.0. The van der Waals surface area contributed by atoms with E-state index in [1.54, 1.807) is 6.07 Å². The highest BCUT2D eigenvalue weighted by atomic mass is 16.1. The molecule has 1 aromatic heterocycles. The van der Waals surface area contributed by atoms with Crippen LogP contribution in [0.25, 0.3) is 11.3 Å². The zero-order chi connectivity index (χ0) is 13.8. The maximum absolute atomic E-state index is 11.6. The van der Waals surface area contributed by atoms with Crippen LogP contribution in [0.15, 0.2) is 35.1 Å². The topological polar surface area (TPSA) is 58.7 Å². The van der Waals surface area contributed by atoms with E-state index in [0.29, 0.717) is 6.54 Å². The number of nitrogens with zero attached hydrogens (tertiary/aromatic N) is 3. The van der Waals surface area contributed by atoms with Gasteiger partial charge in [-0.3, -0.25) is 4.79 Å². The number of nitriles is 1. The highest BCUT2D eigenvalue weighted by molar-refractivity contribution is 5.60. The highest BCUT2D eigenvalue weighted by Crippen LogP contribution is 2.19. The molecule has 19 heavy (non-hydrogen) atoms. The molecular weight excluding hydrogens is 238 g/mol. The molecule has 0 aliphatic rings. The van der Waals surface area contributed by atoms with Gasteiger partial charge in [0.15, 0.2) is 0 Å². The molecule has 0 saturated heterocycles. The van der Waals surface area contributed by atoms with Crippen LogP contribution < -0.4 is 5.56 Å². The first kappa shape index (κ1) is 13.0. The Morgan fingerprint density at radius 2 is 2.00 bits per heavy atom. The molecule has 0 unspecified atom stereocenters. The summed E-state index contributed by atoms with van der Waals surface area (Å²) in [6.45, 7) is 4.43. The largest absolute Gasteiger partial charge is 0.268 e. The predicted molar refractivity (Wildman–Crippen MR) is 73.6 cm³/mol. The van der Waals surface area contributed by atoms with Crippen molar-refractivity contribution in [2.75, 3.05) is 0 Å². The maximum Gasteiger partial charge on any atom is 0.266 e. The fourth-order valence-corrected chi connectivity index (χ4v) is 1.82. The normalized spacial score (nSPS) is 10.2. The summed E-state index contributed by atoms with van der Waals surface area (Å²) >= 11 is 0. The third-order valence-electron chi connectivity index (χ3n) is 3.10. The first-order valence-electron chi connectivity index (χ1n) is 6.14. The zero-order valence-corrected chi connectivity index (χ0v) is 11.1. The first-order valence-corrected chi connectivity index (χ1v) is 6.14. The summed E-state index contributed by atoms with van der Waals surface area (Å²) in [4.78, 5) is 11.6. The SMILES string of the molecule is Cc1ccc(-c2ccc(=O)n(CCC#N)n2)cc1C. The molecule has 0 N–H and O–H groups in total. The lowest BCUT2D eigenvalue weighted by molar-refractivity contribution is 0.592. The summed E-state index contributed by atoms with van der Waals surface area (Å²) in [5.41, 5.74) is 3.97. The molecule has 0 aliphatic heterocycles. The molecule has 1 aromatic carbocycles. The van der Waals surface area contributed by atoms with Crippen LogP contribution in [0.5, 0.6) is 0 Å². The lowest BCUT2D eigenvalue weighted by Gasteiger charge is -2.07. The second-order valence-corrected chi connectivity index (χ2v) is 4.49. The van der Waals surface area contributed by atoms with E-state index in [4.69, 9.17) is 5.26 Å². The standard InChI is InChI=1S/C15H15N3O/c1-11-4-5-13(10-12(11)2)14-6-7-15(19)18(17-14)9-3-8-16/h4-7,10H,3,9H2,1-2H3. The van der Waals surface area contributed by atoms with E-state index in [-0.39, 0.29) is 12.0 Å². The average Bonchev–Trinajstić information content (AvgIpc) is 2.41. The fraction of sp³-hybridized carbons (Fsp3) is 0.267. The van der Waals surface area contributed by atoms with Gasteiger partial charge in [-0.05, 0) is 37.1 Å². The minimum Gasteiger partial charge on any atom is -0.268 e. The fourth-order valence-electron chi connectivity index (χ4n) is 1.82. The predicted octanol–water partition coefficient (Wildman–Crippen LogP) is 2.44. The number of aromatic nitrogens is 2. The minimum absolute atomic E-state index is 0.178. The molecule has 0 atom stereocenters. The monoisotopic (exact) mass is 253 g/mol. The van der Waals surface area contributed by atoms with Gasteiger partial charge < -0.3 is 0 Å². The number of aryl methyl sites for hydroxylation is 3. The van der Waals surface area contributed by atoms with Crippen molar-refractivity contribution >= 4 is 0 Å². The van der Waals surface area contributed by atoms with Gasteiger partial charge in [-0.2, -0.15) is 10.4 Å². The van der Waals surface area contributed by atoms with Crippen LogP contribution in [0, 0.1) is 25.2 Å². The molecule has 0 bridgehead atoms. The van der Waals surface area contributed by atoms with Gasteiger partial charge in [0.25, 0.3) is 5.56 Å². The van der Waals surface area contributed by atoms with Crippen molar-refractivity contribution in [3.8, 4) is 17.3 Å². The third-order valence-corrected chi connectivity index (χ3v) is 3.10. The zero-order valence-electron chi connectivity index (χ0n) is 11.1. The van der Waals surface area contributed by atoms with Gasteiger partial charge in [-0.15, -0.1) is 0 Å². The van der Waals surface area contributed by atoms with Gasteiger partial charge in [-0.1, -0.05) is 12.1 Å². The summed E-state index contributed by atoms with van der Waals surface area (Å²) in [7, 11) is 0. The van der Waals surface area contributed by atoms with Gasteiger partial charge in [0.2, 0.25) is 0 Å². The Kier molecular flexibility index (Phi) is 3.76. The van der Waals surface area contributed by atoms with Crippen molar-refractivity contribution in [2.45, 2.75) is 26.8 Å². The summed E-state index contributed by atoms with van der Waals surface area (Å²) in [5.74, 6) is 0. The maximum atomic E-state index is 11.6. The molecule has 0 aliphatic carbocycles. The summed E-state index contributed by atoms with van der Waals surface area (Å²) in [5, 5.41) is 12.9. The van der Waals surface area contributed by atoms with Crippen molar-refractivity contribution in [2.24, 2.45) is 0 Å². The number of hydrogen-bond donors (Lipinski definition) is 0. The van der Waals surface area contributed by atoms with Crippen LogP contribution in [0.3, 0.4) is 0 Å². The Hall–Kier alpha value is -2.41. The van der Waals surface area contributed by atoms with Crippen LogP contribution in [0.4, 0.5) is 0 Å². The van der Waals surface area contributed by atoms with Crippen LogP contribution >= 0.6 is 0 Å². The van der Waals surface area contributed by atoms with Crippen LogP contribution in [-0.2, 0) is 6.54 Å². The van der Waals surface area contributed by atoms with Gasteiger partial charge in [0.05, 0.1) is 24.7 Å². The Bertz CT molecular complexity index is 695. The van der Waals surface area contributed by atoms with Crippen molar-refractivity contribution in [1.82, 2.24) is 9.78 Å². The van der Waals surface area contributed by atoms with Gasteiger partial charge in [0.1, 0.15) is 0 Å². The van der Waals surface area contributed by atoms with Crippen LogP contribution in [-0.4, -0.2) is 9.78 Å². The summed E-state index contributed by atoms with van der Waals surface area (Å²) in [6, 6.07) is 11.3. The molecule has 4 nitrogen and oxygen atoms in total. The molecule has 96 valence electrons. The average molecular weight is 253 g/mol. The van der Waals surface area contributed by atoms with E-state index < -0.39 is 0 Å². The highest BCUT2D eigenvalue weighted by Gasteiger charge is 2.04. The molecular formula is C15H15N3O. The molecule has 2 rings (SSSR count). The van der Waals surface area contributed by atoms with Crippen LogP contribution in [0.2, 0.25) is 0 Å². The number of rotatable bonds is 3. The van der Waals surface area contributed by atoms with Gasteiger partial charge in [-0.25, -0.2) is 4.68 Å². The van der Waals surface area contributed by atoms with Gasteiger partial charge in [0, 0.05) is 11.6 Å². The Balaban J connectivity index is 2.42. The van der Waals surface area contributed by atoms with E-state index in [1.165, 1.54) is 21.9 Å². The summed E-state index contributed by atoms with van der Waals surface area (Å²) < 4.78 is 1.34. The molecule has 0 spiro atoms. The molecule has 0 saturated carbocycles. The van der Waals surface area contributed by atoms with E-state index in [9.17, 15) is 4.79 Å². The third kappa shape index (κ3) is 2.89. The molecule has 2 aromatic rings. The minimum atomic E-state index is -0.178. The summed E-state index contributed by atoms with van der Waals surface area (Å²) in [6.07, 6.45) is 0.281. The number of hydrogen-bond acceptors (Lipinski definition) is 3. The lowest BCUT2D eigenvalue weighted by Crippen LogP contribution is -2.22. The van der Waals surface area contributed by atoms with Crippen molar-refractivity contribution < 1.29 is 0 Å². The van der Waals surface area contributed by atoms with E-state index in [1.807, 2.05) is 25.1 Å². The molecule has 1 heterocycles. The molecule has 0 radical (unpaired) electrons. The van der Waals surface area contributed by atoms with E-state index in [0.717, 1.165) is 11.3 Å². The molecule has 0 amide bonds. The second kappa shape index (κ2) is 5.49. The van der Waals surface area contributed by atoms with E-state index >= 15 is 0 Å². The Labute approximate surface area is 111 Å². The smallest absolute Gasteiger partial charge is 0.266 e. The molecule has 4 heteroatoms. The Morgan fingerprint density at radius 3 is 2.68 bits per heavy atom. The van der Waals surface area contributed by atoms with Gasteiger partial charge >= 0.3 is 0 Å². The van der Waals surface area contributed by atoms with Crippen molar-refractivity contribution in [3.63, 3.8) is 0 Å². The number of benzene rings is 1. The van der Waals surface area contributed by atoms with Crippen molar-refractivity contribution in [3.05, 3.63) is 51.8 Å². The van der Waals surface area contributed by atoms with Crippen LogP contribution in [0.1, 0.15) is 17.5 Å². The molecule has 0 fully saturated rings. The second-order valence-electron chi connectivity index (χ2n) is 4.49.